The number of hydrogen-bond donors (Lipinski definition) is 9. The van der Waals surface area contributed by atoms with Crippen molar-refractivity contribution in [3.8, 4) is 33.8 Å². The highest BCUT2D eigenvalue weighted by Gasteiger charge is 2.37. The molecule has 560 valence electrons. The second kappa shape index (κ2) is 29.3. The first-order valence-corrected chi connectivity index (χ1v) is 37.9. The van der Waals surface area contributed by atoms with E-state index >= 15 is 0 Å². The van der Waals surface area contributed by atoms with Crippen LogP contribution in [0.15, 0.2) is 153 Å². The van der Waals surface area contributed by atoms with E-state index in [9.17, 15) is 24.6 Å². The Labute approximate surface area is 635 Å². The van der Waals surface area contributed by atoms with Crippen molar-refractivity contribution in [2.45, 2.75) is 75.9 Å². The molecule has 0 saturated carbocycles. The fraction of sp³-hybridized carbons (Fsp3) is 0.329. The lowest BCUT2D eigenvalue weighted by atomic mass is 9.90. The zero-order valence-electron chi connectivity index (χ0n) is 61.7. The number of hydrogen-bond acceptors (Lipinski definition) is 22. The number of rotatable bonds is 14. The Morgan fingerprint density at radius 3 is 1.81 bits per heavy atom. The summed E-state index contributed by atoms with van der Waals surface area (Å²) in [7, 11) is 6.27. The highest BCUT2D eigenvalue weighted by molar-refractivity contribution is 6.08. The van der Waals surface area contributed by atoms with Crippen LogP contribution in [-0.4, -0.2) is 200 Å². The van der Waals surface area contributed by atoms with E-state index in [0.29, 0.717) is 65.4 Å². The van der Waals surface area contributed by atoms with Gasteiger partial charge in [0.15, 0.2) is 5.65 Å². The number of β-amino-alcohol motifs (C(OH)–C–C–N with tert-alkyl or cyclic N) is 1. The van der Waals surface area contributed by atoms with E-state index in [1.54, 1.807) is 24.8 Å². The van der Waals surface area contributed by atoms with Crippen LogP contribution in [-0.2, 0) is 39.6 Å². The maximum atomic E-state index is 12.9. The molecule has 12 aromatic rings. The number of amides is 3. The second-order valence-corrected chi connectivity index (χ2v) is 30.1. The Morgan fingerprint density at radius 2 is 1.15 bits per heavy atom. The van der Waals surface area contributed by atoms with E-state index in [1.807, 2.05) is 108 Å². The Morgan fingerprint density at radius 1 is 0.536 bits per heavy atom. The third-order valence-electron chi connectivity index (χ3n) is 22.9. The Hall–Kier alpha value is -11.8. The van der Waals surface area contributed by atoms with Gasteiger partial charge in [0.2, 0.25) is 0 Å². The normalized spacial score (nSPS) is 17.8. The first kappa shape index (κ1) is 69.9. The zero-order valence-corrected chi connectivity index (χ0v) is 61.7. The minimum absolute atomic E-state index is 0.0851. The number of carbonyl (C=O) groups is 3. The number of nitrogens with one attached hydrogen (secondary N) is 7. The molecule has 0 unspecified atom stereocenters. The minimum Gasteiger partial charge on any atom is -0.393 e. The van der Waals surface area contributed by atoms with Crippen LogP contribution in [0.5, 0.6) is 0 Å². The van der Waals surface area contributed by atoms with E-state index in [0.717, 1.165) is 218 Å². The van der Waals surface area contributed by atoms with Crippen molar-refractivity contribution < 1.29 is 24.6 Å². The summed E-state index contributed by atoms with van der Waals surface area (Å²) in [5.41, 5.74) is 20.2. The molecule has 4 saturated heterocycles. The number of aromatic nitrogens is 11. The Bertz CT molecular complexity index is 5510. The van der Waals surface area contributed by atoms with Gasteiger partial charge in [-0.1, -0.05) is 18.2 Å². The summed E-state index contributed by atoms with van der Waals surface area (Å²) < 4.78 is 6.07. The van der Waals surface area contributed by atoms with Gasteiger partial charge in [-0.15, -0.1) is 0 Å². The van der Waals surface area contributed by atoms with Crippen molar-refractivity contribution in [3.05, 3.63) is 203 Å². The predicted octanol–water partition coefficient (Wildman–Crippen LogP) is 8.39. The standard InChI is InChI=1S/C30H35N9O2.C29H31N7O2.C23H21N7O/c1-36-12-14-37(15-13-36)20-30(41)6-9-38(10-7-30)21-2-5-26(32-16-21)35-24-4-3-22(23-17-34-29(40)28(23)24)25-18-33-27-19-31-8-11-39(25)27;1-34-16-19(17-34)18-6-11-36-25(15-31-27(36)12-18)22-3-4-24(28-23(22)14-32-29(28)38)33-26-5-2-20(13-30-26)35-9-7-21(37)8-10-35;1-30-9-6-15-14(5-8-25-22(15)30)21-16-10-27-23(31)20(16)18(12-26-21)29-19-3-2-13-4-7-24-11-17(13)28-19/h2-5,8,11,16,18-19,41H,6-7,9-10,12-15,17,20H2,1H3,(H,32,35)(H,34,40);2-6,11-13,15,19,21,37H,7-10,14,16-17H2,1H3,(H,30,33)(H,32,38);2-3,5-6,8-9,12,24H,4,7,10-11H2,1H3,(H,27,31)(H,28,29). The lowest BCUT2D eigenvalue weighted by Gasteiger charge is -2.43. The van der Waals surface area contributed by atoms with Gasteiger partial charge in [-0.3, -0.25) is 38.1 Å². The first-order valence-electron chi connectivity index (χ1n) is 37.9. The van der Waals surface area contributed by atoms with E-state index in [-0.39, 0.29) is 23.8 Å². The number of aliphatic hydroxyl groups excluding tert-OH is 1. The smallest absolute Gasteiger partial charge is 0.254 e. The fourth-order valence-corrected chi connectivity index (χ4v) is 16.7. The van der Waals surface area contributed by atoms with Crippen LogP contribution in [0.3, 0.4) is 0 Å². The molecule has 3 amide bonds. The van der Waals surface area contributed by atoms with Gasteiger partial charge in [0.1, 0.15) is 28.7 Å². The molecule has 8 aliphatic heterocycles. The monoisotopic (exact) mass is 1470 g/mol. The number of aryl methyl sites for hydroxylation is 1. The van der Waals surface area contributed by atoms with Gasteiger partial charge in [0.05, 0.1) is 117 Å². The molecule has 2 aromatic carbocycles. The molecule has 10 aromatic heterocycles. The fourth-order valence-electron chi connectivity index (χ4n) is 16.7. The van der Waals surface area contributed by atoms with Gasteiger partial charge in [0.25, 0.3) is 17.7 Å². The third-order valence-corrected chi connectivity index (χ3v) is 22.9. The van der Waals surface area contributed by atoms with Crippen molar-refractivity contribution in [2.75, 3.05) is 118 Å². The number of likely N-dealkylation sites (tertiary alicyclic amines) is 1. The average Bonchev–Trinajstić information content (AvgIpc) is 1.60. The third kappa shape index (κ3) is 13.7. The van der Waals surface area contributed by atoms with Crippen molar-refractivity contribution in [3.63, 3.8) is 0 Å². The predicted molar refractivity (Wildman–Crippen MR) is 423 cm³/mol. The van der Waals surface area contributed by atoms with Crippen molar-refractivity contribution in [1.82, 2.24) is 89.2 Å². The quantitative estimate of drug-likeness (QED) is 0.0493. The molecule has 4 fully saturated rings. The van der Waals surface area contributed by atoms with Gasteiger partial charge >= 0.3 is 0 Å². The van der Waals surface area contributed by atoms with Gasteiger partial charge < -0.3 is 71.6 Å². The zero-order chi connectivity index (χ0) is 74.7. The highest BCUT2D eigenvalue weighted by Crippen LogP contribution is 2.41. The molecule has 8 aliphatic rings. The highest BCUT2D eigenvalue weighted by atomic mass is 16.3. The van der Waals surface area contributed by atoms with Crippen LogP contribution in [0.25, 0.3) is 56.1 Å². The molecule has 0 spiro atoms. The number of nitrogens with zero attached hydrogens (tertiary/aromatic N) is 16. The molecule has 28 nitrogen and oxygen atoms in total. The average molecular weight is 1470 g/mol. The maximum absolute atomic E-state index is 12.9. The number of likely N-dealkylation sites (N-methyl/N-ethyl adjacent to an activating group) is 2. The van der Waals surface area contributed by atoms with Crippen LogP contribution in [0, 0.1) is 0 Å². The largest absolute Gasteiger partial charge is 0.393 e. The number of anilines is 8. The number of carbonyl (C=O) groups excluding carboxylic acids is 3. The lowest BCUT2D eigenvalue weighted by molar-refractivity contribution is -0.0250. The molecular formula is C82H87N23O5. The number of piperidine rings is 2. The van der Waals surface area contributed by atoms with Gasteiger partial charge in [-0.2, -0.15) is 0 Å². The molecular weight excluding hydrogens is 1390 g/mol. The van der Waals surface area contributed by atoms with Crippen molar-refractivity contribution in [2.24, 2.45) is 7.05 Å². The summed E-state index contributed by atoms with van der Waals surface area (Å²) in [6, 6.07) is 28.4. The summed E-state index contributed by atoms with van der Waals surface area (Å²) in [6.45, 7) is 13.5. The SMILES string of the molecule is CN1CC(c2ccn3c(-c4ccc(Nc5ccc(N6CCC(O)CC6)cn5)c5c4CNC5=O)cnc3c2)C1.CN1CCN(CC2(O)CCN(c3ccc(Nc4ccc(-c5cnc6cnccn56)c5c4C(=O)NC5)nc3)CC2)CC1.Cn1ccc2c(-c3ncc(Nc4ccc5c(n4)CNCC5)c4c3CNC4=O)ccnc21. The topological polar surface area (TPSA) is 309 Å². The molecule has 0 aliphatic carbocycles. The summed E-state index contributed by atoms with van der Waals surface area (Å²) >= 11 is 0. The van der Waals surface area contributed by atoms with E-state index in [2.05, 4.69) is 142 Å². The van der Waals surface area contributed by atoms with E-state index in [1.165, 1.54) is 11.1 Å². The number of aliphatic hydroxyl groups is 2. The van der Waals surface area contributed by atoms with Crippen LogP contribution in [0.4, 0.5) is 45.9 Å². The maximum Gasteiger partial charge on any atom is 0.254 e. The molecule has 0 bridgehead atoms. The number of imidazole rings is 2. The molecule has 9 N–H and O–H groups in total. The lowest BCUT2D eigenvalue weighted by Crippen LogP contribution is -2.54. The number of pyridine rings is 6. The molecule has 0 atom stereocenters. The second-order valence-electron chi connectivity index (χ2n) is 30.1. The van der Waals surface area contributed by atoms with E-state index < -0.39 is 5.60 Å². The summed E-state index contributed by atoms with van der Waals surface area (Å²) in [5.74, 6) is 2.36. The molecule has 20 rings (SSSR count). The molecule has 110 heavy (non-hydrogen) atoms. The Balaban J connectivity index is 0.000000117. The van der Waals surface area contributed by atoms with Crippen LogP contribution in [0.1, 0.15) is 96.2 Å². The van der Waals surface area contributed by atoms with Gasteiger partial charge in [-0.05, 0) is 142 Å². The van der Waals surface area contributed by atoms with Gasteiger partial charge in [-0.25, -0.2) is 29.9 Å². The number of fused-ring (bicyclic) bond motifs is 7. The molecule has 28 heteroatoms. The summed E-state index contributed by atoms with van der Waals surface area (Å²) in [4.78, 5) is 86.7. The molecule has 0 radical (unpaired) electrons. The summed E-state index contributed by atoms with van der Waals surface area (Å²) in [5, 5.41) is 44.4. The van der Waals surface area contributed by atoms with Crippen molar-refractivity contribution in [1.29, 1.82) is 0 Å². The number of piperazine rings is 1. The molecule has 18 heterocycles. The first-order chi connectivity index (χ1) is 53.7. The van der Waals surface area contributed by atoms with Crippen molar-refractivity contribution >= 4 is 85.9 Å². The van der Waals surface area contributed by atoms with Crippen LogP contribution in [0.2, 0.25) is 0 Å². The van der Waals surface area contributed by atoms with Crippen LogP contribution < -0.4 is 47.0 Å². The minimum atomic E-state index is -0.630. The van der Waals surface area contributed by atoms with Gasteiger partial charge in [0, 0.05) is 170 Å². The van der Waals surface area contributed by atoms with Crippen LogP contribution >= 0.6 is 0 Å². The Kier molecular flexibility index (Phi) is 18.6. The number of benzene rings is 2. The summed E-state index contributed by atoms with van der Waals surface area (Å²) in [6.07, 6.45) is 24.2. The van der Waals surface area contributed by atoms with E-state index in [4.69, 9.17) is 15.0 Å².